The maximum absolute atomic E-state index is 14.6. The molecule has 1 aliphatic heterocycles. The van der Waals surface area contributed by atoms with E-state index in [1.165, 1.54) is 19.1 Å². The lowest BCUT2D eigenvalue weighted by molar-refractivity contribution is -0.212. The summed E-state index contributed by atoms with van der Waals surface area (Å²) < 4.78 is 85.7. The Morgan fingerprint density at radius 3 is 2.40 bits per heavy atom. The topological polar surface area (TPSA) is 73.8 Å². The predicted molar refractivity (Wildman–Crippen MR) is 116 cm³/mol. The van der Waals surface area contributed by atoms with Crippen LogP contribution in [-0.4, -0.2) is 66.6 Å². The standard InChI is InChI=1S/C23H25F6N3O3/c1-12-4-7-17(16(25)8-12)31-20-14(5-6-15(24)19(20)26)21(33)32-10-22(34,11-32)13(2)30-9-18(35-3)23(27,28)29/h4-8,13,18,30-31,34H,9-11H2,1-3H3/t13-,18?/m0/s1. The van der Waals surface area contributed by atoms with Crippen molar-refractivity contribution >= 4 is 17.3 Å². The smallest absolute Gasteiger partial charge is 0.385 e. The molecule has 1 heterocycles. The van der Waals surface area contributed by atoms with E-state index < -0.39 is 59.5 Å². The summed E-state index contributed by atoms with van der Waals surface area (Å²) in [5.41, 5.74) is -2.02. The molecule has 1 fully saturated rings. The highest BCUT2D eigenvalue weighted by molar-refractivity contribution is 6.01. The van der Waals surface area contributed by atoms with Crippen molar-refractivity contribution in [3.05, 3.63) is 58.9 Å². The van der Waals surface area contributed by atoms with Crippen LogP contribution in [0.25, 0.3) is 0 Å². The van der Waals surface area contributed by atoms with Crippen LogP contribution in [0.4, 0.5) is 37.7 Å². The summed E-state index contributed by atoms with van der Waals surface area (Å²) >= 11 is 0. The van der Waals surface area contributed by atoms with Crippen molar-refractivity contribution < 1.29 is 41.0 Å². The minimum Gasteiger partial charge on any atom is -0.385 e. The zero-order valence-corrected chi connectivity index (χ0v) is 19.1. The number of aryl methyl sites for hydroxylation is 1. The SMILES string of the molecule is COC(CN[C@@H](C)C1(O)CN(C(=O)c2ccc(F)c(F)c2Nc2ccc(C)cc2F)C1)C(F)(F)F. The number of likely N-dealkylation sites (tertiary alicyclic amines) is 1. The average Bonchev–Trinajstić information content (AvgIpc) is 2.75. The third-order valence-electron chi connectivity index (χ3n) is 5.99. The highest BCUT2D eigenvalue weighted by Gasteiger charge is 2.49. The van der Waals surface area contributed by atoms with Crippen LogP contribution in [0.2, 0.25) is 0 Å². The number of halogens is 6. The van der Waals surface area contributed by atoms with Crippen LogP contribution in [0.5, 0.6) is 0 Å². The first-order valence-electron chi connectivity index (χ1n) is 10.6. The second-order valence-electron chi connectivity index (χ2n) is 8.55. The molecule has 1 aliphatic rings. The first-order chi connectivity index (χ1) is 16.3. The van der Waals surface area contributed by atoms with Crippen LogP contribution in [0.3, 0.4) is 0 Å². The number of β-amino-alcohol motifs (C(OH)–C–C–N with tert-alkyl or cyclic N) is 1. The lowest BCUT2D eigenvalue weighted by atomic mass is 9.86. The first kappa shape index (κ1) is 26.8. The fourth-order valence-electron chi connectivity index (χ4n) is 3.72. The highest BCUT2D eigenvalue weighted by Crippen LogP contribution is 2.33. The van der Waals surface area contributed by atoms with E-state index in [0.29, 0.717) is 5.56 Å². The Kier molecular flexibility index (Phi) is 7.68. The lowest BCUT2D eigenvalue weighted by Gasteiger charge is -2.50. The van der Waals surface area contributed by atoms with Gasteiger partial charge in [-0.05, 0) is 43.7 Å². The van der Waals surface area contributed by atoms with Crippen LogP contribution in [0.1, 0.15) is 22.8 Å². The molecule has 2 aromatic rings. The summed E-state index contributed by atoms with van der Waals surface area (Å²) in [5, 5.41) is 15.7. The fraction of sp³-hybridized carbons (Fsp3) is 0.435. The minimum atomic E-state index is -4.60. The van der Waals surface area contributed by atoms with Gasteiger partial charge in [0.2, 0.25) is 0 Å². The second kappa shape index (κ2) is 10.0. The number of carbonyl (C=O) groups excluding carboxylic acids is 1. The molecule has 2 atom stereocenters. The molecule has 0 spiro atoms. The molecule has 0 saturated carbocycles. The first-order valence-corrected chi connectivity index (χ1v) is 10.6. The van der Waals surface area contributed by atoms with Crippen molar-refractivity contribution in [3.8, 4) is 0 Å². The Morgan fingerprint density at radius 1 is 1.17 bits per heavy atom. The van der Waals surface area contributed by atoms with E-state index in [4.69, 9.17) is 0 Å². The Balaban J connectivity index is 1.73. The van der Waals surface area contributed by atoms with E-state index in [0.717, 1.165) is 24.1 Å². The van der Waals surface area contributed by atoms with Gasteiger partial charge in [-0.1, -0.05) is 6.07 Å². The molecule has 1 unspecified atom stereocenters. The summed E-state index contributed by atoms with van der Waals surface area (Å²) in [6, 6.07) is 4.96. The summed E-state index contributed by atoms with van der Waals surface area (Å²) in [4.78, 5) is 14.1. The number of ether oxygens (including phenoxy) is 1. The Labute approximate surface area is 197 Å². The molecule has 3 rings (SSSR count). The summed E-state index contributed by atoms with van der Waals surface area (Å²) in [5.74, 6) is -4.16. The van der Waals surface area contributed by atoms with Gasteiger partial charge in [-0.25, -0.2) is 13.2 Å². The van der Waals surface area contributed by atoms with Crippen LogP contribution >= 0.6 is 0 Å². The molecule has 0 bridgehead atoms. The number of aliphatic hydroxyl groups is 1. The molecule has 3 N–H and O–H groups in total. The van der Waals surface area contributed by atoms with Crippen LogP contribution in [0.15, 0.2) is 30.3 Å². The Morgan fingerprint density at radius 2 is 1.83 bits per heavy atom. The molecule has 6 nitrogen and oxygen atoms in total. The third-order valence-corrected chi connectivity index (χ3v) is 5.99. The number of hydrogen-bond donors (Lipinski definition) is 3. The summed E-state index contributed by atoms with van der Waals surface area (Å²) in [7, 11) is 0.916. The number of methoxy groups -OCH3 is 1. The van der Waals surface area contributed by atoms with E-state index >= 15 is 0 Å². The molecular weight excluding hydrogens is 480 g/mol. The lowest BCUT2D eigenvalue weighted by Crippen LogP contribution is -2.71. The number of nitrogens with one attached hydrogen (secondary N) is 2. The molecule has 2 aromatic carbocycles. The fourth-order valence-corrected chi connectivity index (χ4v) is 3.72. The average molecular weight is 505 g/mol. The number of carbonyl (C=O) groups is 1. The monoisotopic (exact) mass is 505 g/mol. The number of nitrogens with zero attached hydrogens (tertiary/aromatic N) is 1. The van der Waals surface area contributed by atoms with Crippen LogP contribution in [0, 0.1) is 24.4 Å². The van der Waals surface area contributed by atoms with E-state index in [2.05, 4.69) is 15.4 Å². The van der Waals surface area contributed by atoms with Gasteiger partial charge in [0.25, 0.3) is 5.91 Å². The van der Waals surface area contributed by atoms with Gasteiger partial charge in [-0.2, -0.15) is 13.2 Å². The quantitative estimate of drug-likeness (QED) is 0.475. The minimum absolute atomic E-state index is 0.176. The van der Waals surface area contributed by atoms with Crippen molar-refractivity contribution in [2.75, 3.05) is 32.1 Å². The van der Waals surface area contributed by atoms with Crippen LogP contribution < -0.4 is 10.6 Å². The summed E-state index contributed by atoms with van der Waals surface area (Å²) in [6.45, 7) is 1.93. The van der Waals surface area contributed by atoms with Crippen LogP contribution in [-0.2, 0) is 4.74 Å². The zero-order valence-electron chi connectivity index (χ0n) is 19.1. The van der Waals surface area contributed by atoms with Gasteiger partial charge in [0.15, 0.2) is 17.7 Å². The molecule has 192 valence electrons. The molecule has 1 amide bonds. The summed E-state index contributed by atoms with van der Waals surface area (Å²) in [6.07, 6.45) is -6.68. The molecule has 12 heteroatoms. The van der Waals surface area contributed by atoms with Crippen molar-refractivity contribution in [2.24, 2.45) is 0 Å². The Bertz CT molecular complexity index is 1090. The number of benzene rings is 2. The highest BCUT2D eigenvalue weighted by atomic mass is 19.4. The van der Waals surface area contributed by atoms with E-state index in [-0.39, 0.29) is 24.3 Å². The predicted octanol–water partition coefficient (Wildman–Crippen LogP) is 3.90. The normalized spacial score (nSPS) is 17.0. The van der Waals surface area contributed by atoms with Crippen molar-refractivity contribution in [1.29, 1.82) is 0 Å². The third kappa shape index (κ3) is 5.71. The molecule has 0 aromatic heterocycles. The van der Waals surface area contributed by atoms with E-state index in [9.17, 15) is 36.2 Å². The Hall–Kier alpha value is -2.83. The van der Waals surface area contributed by atoms with Gasteiger partial charge < -0.3 is 25.4 Å². The molecular formula is C23H25F6N3O3. The van der Waals surface area contributed by atoms with Gasteiger partial charge in [0, 0.05) is 19.7 Å². The maximum Gasteiger partial charge on any atom is 0.415 e. The largest absolute Gasteiger partial charge is 0.415 e. The molecule has 0 aliphatic carbocycles. The van der Waals surface area contributed by atoms with Crippen molar-refractivity contribution in [1.82, 2.24) is 10.2 Å². The number of amides is 1. The zero-order chi connectivity index (χ0) is 26.1. The van der Waals surface area contributed by atoms with Gasteiger partial charge in [-0.15, -0.1) is 0 Å². The number of hydrogen-bond acceptors (Lipinski definition) is 5. The van der Waals surface area contributed by atoms with Gasteiger partial charge >= 0.3 is 6.18 Å². The molecule has 35 heavy (non-hydrogen) atoms. The number of rotatable bonds is 8. The van der Waals surface area contributed by atoms with E-state index in [1.54, 1.807) is 13.0 Å². The molecule has 0 radical (unpaired) electrons. The van der Waals surface area contributed by atoms with Gasteiger partial charge in [0.1, 0.15) is 11.4 Å². The number of anilines is 2. The van der Waals surface area contributed by atoms with Crippen molar-refractivity contribution in [3.63, 3.8) is 0 Å². The van der Waals surface area contributed by atoms with Gasteiger partial charge in [0.05, 0.1) is 30.0 Å². The second-order valence-corrected chi connectivity index (χ2v) is 8.55. The van der Waals surface area contributed by atoms with E-state index in [1.807, 2.05) is 0 Å². The van der Waals surface area contributed by atoms with Crippen molar-refractivity contribution in [2.45, 2.75) is 37.8 Å². The maximum atomic E-state index is 14.6. The van der Waals surface area contributed by atoms with Gasteiger partial charge in [-0.3, -0.25) is 4.79 Å². The number of alkyl halides is 3. The molecule has 1 saturated heterocycles.